The summed E-state index contributed by atoms with van der Waals surface area (Å²) in [7, 11) is 0. The number of aliphatic hydroxyl groups excluding tert-OH is 4. The minimum absolute atomic E-state index is 0.250. The van der Waals surface area contributed by atoms with Gasteiger partial charge in [-0.15, -0.1) is 0 Å². The third-order valence-electron chi connectivity index (χ3n) is 5.22. The fraction of sp³-hybridized carbons (Fsp3) is 0.909. The summed E-state index contributed by atoms with van der Waals surface area (Å²) in [4.78, 5) is 3.70. The molecule has 0 aromatic rings. The number of rotatable bonds is 1. The highest BCUT2D eigenvalue weighted by atomic mass is 16.9. The lowest BCUT2D eigenvalue weighted by molar-refractivity contribution is -0.548. The van der Waals surface area contributed by atoms with Gasteiger partial charge in [-0.05, 0) is 0 Å². The van der Waals surface area contributed by atoms with Crippen molar-refractivity contribution in [2.75, 3.05) is 6.61 Å². The first-order valence-electron chi connectivity index (χ1n) is 6.77. The van der Waals surface area contributed by atoms with Crippen LogP contribution in [-0.2, 0) is 9.47 Å². The van der Waals surface area contributed by atoms with Gasteiger partial charge in [0.05, 0.1) is 12.5 Å². The second-order valence-corrected chi connectivity index (χ2v) is 6.22. The lowest BCUT2D eigenvalue weighted by atomic mass is 9.55. The Hall–Kier alpha value is -1.05. The number of nitrogens with one attached hydrogen (secondary N) is 1. The molecule has 9 N–H and O–H groups in total. The van der Waals surface area contributed by atoms with E-state index in [4.69, 9.17) is 15.2 Å². The van der Waals surface area contributed by atoms with E-state index in [2.05, 4.69) is 10.3 Å². The lowest BCUT2D eigenvalue weighted by Gasteiger charge is -2.71. The second-order valence-electron chi connectivity index (χ2n) is 6.22. The summed E-state index contributed by atoms with van der Waals surface area (Å²) in [5.74, 6) is -3.95. The molecule has 0 radical (unpaired) electrons. The van der Waals surface area contributed by atoms with E-state index in [1.807, 2.05) is 0 Å². The number of nitrogens with two attached hydrogens (primary N) is 1. The van der Waals surface area contributed by atoms with Crippen molar-refractivity contribution in [3.63, 3.8) is 0 Å². The van der Waals surface area contributed by atoms with E-state index in [-0.39, 0.29) is 5.96 Å². The Labute approximate surface area is 123 Å². The number of guanidine groups is 1. The van der Waals surface area contributed by atoms with Gasteiger partial charge in [-0.1, -0.05) is 0 Å². The molecule has 11 nitrogen and oxygen atoms in total. The van der Waals surface area contributed by atoms with Crippen molar-refractivity contribution in [2.45, 2.75) is 47.8 Å². The van der Waals surface area contributed by atoms with E-state index in [0.717, 1.165) is 0 Å². The van der Waals surface area contributed by atoms with Gasteiger partial charge < -0.3 is 51.2 Å². The van der Waals surface area contributed by atoms with Gasteiger partial charge in [0, 0.05) is 0 Å². The number of hydrogen-bond acceptors (Lipinski definition) is 11. The SMILES string of the molecule is NC1=N[C@H](O)[C@H]2[C@H]3O[C@]4(O)O[C@H]([C@@H](O)[C@@]2(N1)[C@@H]4O)[C@]3(O)CO. The topological polar surface area (TPSA) is 190 Å². The molecule has 0 aromatic heterocycles. The molecule has 5 aliphatic rings. The van der Waals surface area contributed by atoms with E-state index in [9.17, 15) is 30.6 Å². The van der Waals surface area contributed by atoms with Crippen LogP contribution in [0.2, 0.25) is 0 Å². The molecular formula is C11H17N3O8. The zero-order chi connectivity index (χ0) is 16.1. The van der Waals surface area contributed by atoms with Crippen molar-refractivity contribution in [3.8, 4) is 0 Å². The Morgan fingerprint density at radius 1 is 1.18 bits per heavy atom. The first-order valence-corrected chi connectivity index (χ1v) is 6.77. The molecular weight excluding hydrogens is 302 g/mol. The fourth-order valence-corrected chi connectivity index (χ4v) is 4.24. The van der Waals surface area contributed by atoms with Crippen LogP contribution in [0.25, 0.3) is 0 Å². The molecule has 0 unspecified atom stereocenters. The van der Waals surface area contributed by atoms with Crippen LogP contribution in [-0.4, -0.2) is 91.0 Å². The molecule has 124 valence electrons. The molecule has 1 spiro atoms. The zero-order valence-corrected chi connectivity index (χ0v) is 11.2. The van der Waals surface area contributed by atoms with E-state index < -0.39 is 60.3 Å². The van der Waals surface area contributed by atoms with E-state index in [1.165, 1.54) is 0 Å². The maximum atomic E-state index is 10.6. The highest BCUT2D eigenvalue weighted by Gasteiger charge is 2.82. The fourth-order valence-electron chi connectivity index (χ4n) is 4.24. The van der Waals surface area contributed by atoms with E-state index in [1.54, 1.807) is 0 Å². The van der Waals surface area contributed by atoms with Gasteiger partial charge in [-0.25, -0.2) is 4.99 Å². The first-order chi connectivity index (χ1) is 10.2. The average molecular weight is 319 g/mol. The maximum Gasteiger partial charge on any atom is 0.311 e. The van der Waals surface area contributed by atoms with Gasteiger partial charge in [0.2, 0.25) is 0 Å². The van der Waals surface area contributed by atoms with Crippen LogP contribution in [0.3, 0.4) is 0 Å². The van der Waals surface area contributed by atoms with Gasteiger partial charge in [0.15, 0.2) is 18.3 Å². The molecule has 0 aromatic carbocycles. The quantitative estimate of drug-likeness (QED) is 0.231. The summed E-state index contributed by atoms with van der Waals surface area (Å²) in [5, 5.41) is 64.3. The average Bonchev–Trinajstić information content (AvgIpc) is 2.45. The summed E-state index contributed by atoms with van der Waals surface area (Å²) in [6.45, 7) is -0.857. The Kier molecular flexibility index (Phi) is 2.57. The number of nitrogens with zero attached hydrogens (tertiary/aromatic N) is 1. The molecule has 4 aliphatic heterocycles. The van der Waals surface area contributed by atoms with Crippen molar-refractivity contribution in [1.29, 1.82) is 0 Å². The van der Waals surface area contributed by atoms with Crippen LogP contribution >= 0.6 is 0 Å². The number of ether oxygens (including phenoxy) is 2. The summed E-state index contributed by atoms with van der Waals surface area (Å²) in [6.07, 6.45) is -7.77. The Balaban J connectivity index is 1.95. The first kappa shape index (κ1) is 14.5. The van der Waals surface area contributed by atoms with Crippen LogP contribution in [0.1, 0.15) is 0 Å². The van der Waals surface area contributed by atoms with Gasteiger partial charge >= 0.3 is 5.97 Å². The van der Waals surface area contributed by atoms with Crippen LogP contribution in [0.15, 0.2) is 4.99 Å². The third-order valence-corrected chi connectivity index (χ3v) is 5.22. The molecule has 4 fully saturated rings. The third kappa shape index (κ3) is 1.28. The molecule has 22 heavy (non-hydrogen) atoms. The Bertz CT molecular complexity index is 561. The van der Waals surface area contributed by atoms with Gasteiger partial charge in [0.25, 0.3) is 0 Å². The highest BCUT2D eigenvalue weighted by Crippen LogP contribution is 2.58. The lowest BCUT2D eigenvalue weighted by Crippen LogP contribution is -2.95. The van der Waals surface area contributed by atoms with Crippen LogP contribution < -0.4 is 11.1 Å². The summed E-state index contributed by atoms with van der Waals surface area (Å²) in [5.41, 5.74) is 1.74. The molecule has 4 heterocycles. The largest absolute Gasteiger partial charge is 0.393 e. The van der Waals surface area contributed by atoms with Crippen molar-refractivity contribution in [3.05, 3.63) is 0 Å². The smallest absolute Gasteiger partial charge is 0.311 e. The molecule has 11 heteroatoms. The molecule has 1 aliphatic carbocycles. The minimum Gasteiger partial charge on any atom is -0.393 e. The number of aliphatic hydroxyl groups is 6. The molecule has 4 bridgehead atoms. The zero-order valence-electron chi connectivity index (χ0n) is 11.2. The second kappa shape index (κ2) is 3.88. The normalized spacial score (nSPS) is 62.4. The molecule has 3 saturated heterocycles. The van der Waals surface area contributed by atoms with Gasteiger partial charge in [-0.2, -0.15) is 0 Å². The van der Waals surface area contributed by atoms with Gasteiger partial charge in [0.1, 0.15) is 29.5 Å². The van der Waals surface area contributed by atoms with Crippen molar-refractivity contribution >= 4 is 5.96 Å². The van der Waals surface area contributed by atoms with Crippen molar-refractivity contribution in [2.24, 2.45) is 16.6 Å². The van der Waals surface area contributed by atoms with Crippen molar-refractivity contribution < 1.29 is 40.1 Å². The number of hydrogen-bond donors (Lipinski definition) is 8. The minimum atomic E-state index is -2.52. The standard InChI is InChI=1S/C11H17N3O8/c12-8-13-6(17)2-4-9(19,1-15)5-3(16)10(2,14-8)7(18)11(20,21-4)22-5/h2-7,15-20H,1H2,(H3,12,13,14)/t2-,3-,4-,5-,6-,7+,9+,10-,11+/m1/s1. The Morgan fingerprint density at radius 3 is 2.45 bits per heavy atom. The van der Waals surface area contributed by atoms with Crippen molar-refractivity contribution in [1.82, 2.24) is 5.32 Å². The van der Waals surface area contributed by atoms with E-state index in [0.29, 0.717) is 0 Å². The number of aliphatic imine (C=N–C) groups is 1. The molecule has 0 amide bonds. The van der Waals surface area contributed by atoms with Crippen LogP contribution in [0.5, 0.6) is 0 Å². The summed E-state index contributed by atoms with van der Waals surface area (Å²) < 4.78 is 10.3. The molecule has 5 rings (SSSR count). The van der Waals surface area contributed by atoms with Crippen LogP contribution in [0, 0.1) is 5.92 Å². The maximum absolute atomic E-state index is 10.6. The molecule has 1 saturated carbocycles. The Morgan fingerprint density at radius 2 is 1.82 bits per heavy atom. The monoisotopic (exact) mass is 319 g/mol. The van der Waals surface area contributed by atoms with E-state index >= 15 is 0 Å². The predicted octanol–water partition coefficient (Wildman–Crippen LogP) is -5.52. The van der Waals surface area contributed by atoms with Crippen LogP contribution in [0.4, 0.5) is 0 Å². The van der Waals surface area contributed by atoms with Gasteiger partial charge in [-0.3, -0.25) is 0 Å². The summed E-state index contributed by atoms with van der Waals surface area (Å²) in [6, 6.07) is 0. The summed E-state index contributed by atoms with van der Waals surface area (Å²) >= 11 is 0. The predicted molar refractivity (Wildman–Crippen MR) is 65.7 cm³/mol. The highest BCUT2D eigenvalue weighted by molar-refractivity contribution is 5.80. The molecule has 9 atom stereocenters.